The molecule has 1 N–H and O–H groups in total. The van der Waals surface area contributed by atoms with Crippen LogP contribution in [0.25, 0.3) is 0 Å². The van der Waals surface area contributed by atoms with Crippen molar-refractivity contribution in [3.63, 3.8) is 0 Å². The maximum Gasteiger partial charge on any atom is 0.193 e. The number of rotatable bonds is 7. The van der Waals surface area contributed by atoms with Crippen molar-refractivity contribution >= 4 is 17.3 Å². The highest BCUT2D eigenvalue weighted by Gasteiger charge is 2.25. The Kier molecular flexibility index (Phi) is 7.30. The smallest absolute Gasteiger partial charge is 0.193 e. The van der Waals surface area contributed by atoms with Gasteiger partial charge in [-0.15, -0.1) is 11.3 Å². The molecule has 1 saturated heterocycles. The van der Waals surface area contributed by atoms with Gasteiger partial charge in [0.25, 0.3) is 0 Å². The van der Waals surface area contributed by atoms with E-state index in [1.54, 1.807) is 11.3 Å². The van der Waals surface area contributed by atoms with Crippen LogP contribution in [0, 0.1) is 12.8 Å². The first-order chi connectivity index (χ1) is 11.2. The van der Waals surface area contributed by atoms with Gasteiger partial charge in [0, 0.05) is 50.7 Å². The van der Waals surface area contributed by atoms with E-state index >= 15 is 0 Å². The summed E-state index contributed by atoms with van der Waals surface area (Å²) < 4.78 is 0. The van der Waals surface area contributed by atoms with Gasteiger partial charge < -0.3 is 15.1 Å². The van der Waals surface area contributed by atoms with Crippen LogP contribution in [-0.2, 0) is 6.42 Å². The zero-order valence-corrected chi connectivity index (χ0v) is 15.8. The molecule has 0 saturated carbocycles. The summed E-state index contributed by atoms with van der Waals surface area (Å²) in [7, 11) is 1.88. The molecule has 0 aliphatic carbocycles. The van der Waals surface area contributed by atoms with Gasteiger partial charge in [-0.2, -0.15) is 0 Å². The maximum absolute atomic E-state index is 4.46. The van der Waals surface area contributed by atoms with Gasteiger partial charge in [-0.25, -0.2) is 4.98 Å². The van der Waals surface area contributed by atoms with Gasteiger partial charge in [0.2, 0.25) is 0 Å². The number of hydrogen-bond acceptors (Lipinski definition) is 4. The molecule has 0 amide bonds. The second kappa shape index (κ2) is 9.23. The number of aryl methyl sites for hydroxylation is 1. The molecule has 2 rings (SSSR count). The van der Waals surface area contributed by atoms with E-state index in [-0.39, 0.29) is 0 Å². The molecule has 1 fully saturated rings. The van der Waals surface area contributed by atoms with E-state index < -0.39 is 0 Å². The fourth-order valence-electron chi connectivity index (χ4n) is 3.15. The third-order valence-corrected chi connectivity index (χ3v) is 5.47. The molecule has 6 heteroatoms. The molecule has 1 aromatic heterocycles. The van der Waals surface area contributed by atoms with Crippen molar-refractivity contribution in [3.8, 4) is 0 Å². The third kappa shape index (κ3) is 5.46. The fraction of sp³-hybridized carbons (Fsp3) is 0.765. The maximum atomic E-state index is 4.46. The lowest BCUT2D eigenvalue weighted by Crippen LogP contribution is -2.41. The molecule has 2 heterocycles. The number of guanidine groups is 1. The molecule has 1 atom stereocenters. The molecule has 0 radical (unpaired) electrons. The Morgan fingerprint density at radius 3 is 2.87 bits per heavy atom. The number of hydrogen-bond donors (Lipinski definition) is 1. The van der Waals surface area contributed by atoms with Crippen molar-refractivity contribution in [2.45, 2.75) is 33.6 Å². The molecule has 130 valence electrons. The van der Waals surface area contributed by atoms with Gasteiger partial charge in [0.15, 0.2) is 5.96 Å². The van der Waals surface area contributed by atoms with Gasteiger partial charge in [-0.05, 0) is 32.4 Å². The van der Waals surface area contributed by atoms with Gasteiger partial charge in [-0.1, -0.05) is 13.8 Å². The Morgan fingerprint density at radius 2 is 2.26 bits per heavy atom. The average molecular weight is 338 g/mol. The second-order valence-corrected chi connectivity index (χ2v) is 7.49. The van der Waals surface area contributed by atoms with Crippen molar-refractivity contribution in [3.05, 3.63) is 16.1 Å². The minimum Gasteiger partial charge on any atom is -0.356 e. The zero-order chi connectivity index (χ0) is 16.7. The summed E-state index contributed by atoms with van der Waals surface area (Å²) in [5.41, 5.74) is 0. The summed E-state index contributed by atoms with van der Waals surface area (Å²) in [6, 6.07) is 0. The first-order valence-corrected chi connectivity index (χ1v) is 9.57. The monoisotopic (exact) mass is 337 g/mol. The lowest BCUT2D eigenvalue weighted by molar-refractivity contribution is 0.255. The molecule has 1 aliphatic heterocycles. The van der Waals surface area contributed by atoms with Gasteiger partial charge in [0.1, 0.15) is 0 Å². The predicted molar refractivity (Wildman–Crippen MR) is 99.4 cm³/mol. The highest BCUT2D eigenvalue weighted by molar-refractivity contribution is 7.11. The van der Waals surface area contributed by atoms with Crippen LogP contribution in [0.5, 0.6) is 0 Å². The molecule has 5 nitrogen and oxygen atoms in total. The largest absolute Gasteiger partial charge is 0.356 e. The number of thiazole rings is 1. The van der Waals surface area contributed by atoms with Crippen LogP contribution in [0.2, 0.25) is 0 Å². The average Bonchev–Trinajstić information content (AvgIpc) is 3.18. The van der Waals surface area contributed by atoms with Crippen LogP contribution in [0.3, 0.4) is 0 Å². The SMILES string of the molecule is CCN(CC)CC1CCN(C(=NC)NCCc2ncc(C)s2)C1. The molecule has 0 spiro atoms. The van der Waals surface area contributed by atoms with E-state index in [9.17, 15) is 0 Å². The number of aromatic nitrogens is 1. The summed E-state index contributed by atoms with van der Waals surface area (Å²) in [5.74, 6) is 1.80. The molecular formula is C17H31N5S. The van der Waals surface area contributed by atoms with Crippen LogP contribution in [0.4, 0.5) is 0 Å². The topological polar surface area (TPSA) is 43.8 Å². The summed E-state index contributed by atoms with van der Waals surface area (Å²) in [4.78, 5) is 15.1. The van der Waals surface area contributed by atoms with Crippen molar-refractivity contribution in [2.75, 3.05) is 46.3 Å². The van der Waals surface area contributed by atoms with E-state index in [4.69, 9.17) is 0 Å². The summed E-state index contributed by atoms with van der Waals surface area (Å²) >= 11 is 1.78. The minimum atomic E-state index is 0.759. The van der Waals surface area contributed by atoms with E-state index in [1.165, 1.54) is 22.9 Å². The summed E-state index contributed by atoms with van der Waals surface area (Å²) in [6.45, 7) is 13.2. The Hall–Kier alpha value is -1.14. The highest BCUT2D eigenvalue weighted by atomic mass is 32.1. The number of likely N-dealkylation sites (tertiary alicyclic amines) is 1. The number of aliphatic imine (C=N–C) groups is 1. The predicted octanol–water partition coefficient (Wildman–Crippen LogP) is 2.23. The Morgan fingerprint density at radius 1 is 1.48 bits per heavy atom. The van der Waals surface area contributed by atoms with Gasteiger partial charge in [0.05, 0.1) is 5.01 Å². The molecular weight excluding hydrogens is 306 g/mol. The van der Waals surface area contributed by atoms with Crippen LogP contribution in [0.15, 0.2) is 11.2 Å². The first kappa shape index (κ1) is 18.2. The van der Waals surface area contributed by atoms with Gasteiger partial charge >= 0.3 is 0 Å². The van der Waals surface area contributed by atoms with E-state index in [0.717, 1.165) is 51.0 Å². The number of nitrogens with one attached hydrogen (secondary N) is 1. The minimum absolute atomic E-state index is 0.759. The van der Waals surface area contributed by atoms with Crippen molar-refractivity contribution in [1.82, 2.24) is 20.1 Å². The second-order valence-electron chi connectivity index (χ2n) is 6.18. The van der Waals surface area contributed by atoms with Crippen LogP contribution in [0.1, 0.15) is 30.2 Å². The van der Waals surface area contributed by atoms with Crippen LogP contribution in [-0.4, -0.2) is 67.1 Å². The Labute approximate surface area is 144 Å². The van der Waals surface area contributed by atoms with E-state index in [1.807, 2.05) is 13.2 Å². The number of nitrogens with zero attached hydrogens (tertiary/aromatic N) is 4. The van der Waals surface area contributed by atoms with Crippen molar-refractivity contribution in [2.24, 2.45) is 10.9 Å². The lowest BCUT2D eigenvalue weighted by Gasteiger charge is -2.24. The summed E-state index contributed by atoms with van der Waals surface area (Å²) in [6.07, 6.45) is 4.18. The van der Waals surface area contributed by atoms with E-state index in [2.05, 4.69) is 45.9 Å². The molecule has 0 aromatic carbocycles. The quantitative estimate of drug-likeness (QED) is 0.612. The lowest BCUT2D eigenvalue weighted by atomic mass is 10.1. The third-order valence-electron chi connectivity index (χ3n) is 4.50. The normalized spacial score (nSPS) is 18.9. The molecule has 23 heavy (non-hydrogen) atoms. The van der Waals surface area contributed by atoms with Crippen molar-refractivity contribution < 1.29 is 0 Å². The van der Waals surface area contributed by atoms with Crippen LogP contribution >= 0.6 is 11.3 Å². The Balaban J connectivity index is 1.76. The molecule has 1 unspecified atom stereocenters. The summed E-state index contributed by atoms with van der Waals surface area (Å²) in [5, 5.41) is 4.70. The van der Waals surface area contributed by atoms with Crippen LogP contribution < -0.4 is 5.32 Å². The standard InChI is InChI=1S/C17H31N5S/c1-5-21(6-2)12-15-8-10-22(13-15)17(18-4)19-9-7-16-20-11-14(3)23-16/h11,15H,5-10,12-13H2,1-4H3,(H,18,19). The zero-order valence-electron chi connectivity index (χ0n) is 15.0. The fourth-order valence-corrected chi connectivity index (χ4v) is 3.94. The molecule has 1 aromatic rings. The first-order valence-electron chi connectivity index (χ1n) is 8.75. The van der Waals surface area contributed by atoms with E-state index in [0.29, 0.717) is 0 Å². The van der Waals surface area contributed by atoms with Gasteiger partial charge in [-0.3, -0.25) is 4.99 Å². The Bertz CT molecular complexity index is 495. The molecule has 1 aliphatic rings. The molecule has 0 bridgehead atoms. The highest BCUT2D eigenvalue weighted by Crippen LogP contribution is 2.17. The van der Waals surface area contributed by atoms with Crippen molar-refractivity contribution in [1.29, 1.82) is 0 Å².